The molecule has 1 aliphatic rings. The van der Waals surface area contributed by atoms with Gasteiger partial charge < -0.3 is 18.8 Å². The maximum atomic E-state index is 14.9. The molecule has 12 heteroatoms. The second-order valence-electron chi connectivity index (χ2n) is 10.7. The van der Waals surface area contributed by atoms with Gasteiger partial charge in [-0.1, -0.05) is 60.7 Å². The number of sulfone groups is 1. The fourth-order valence-corrected chi connectivity index (χ4v) is 6.38. The van der Waals surface area contributed by atoms with E-state index < -0.39 is 38.3 Å². The van der Waals surface area contributed by atoms with E-state index in [4.69, 9.17) is 14.2 Å². The Bertz CT molecular complexity index is 2050. The van der Waals surface area contributed by atoms with E-state index in [1.807, 2.05) is 30.3 Å². The van der Waals surface area contributed by atoms with Gasteiger partial charge in [-0.05, 0) is 43.2 Å². The van der Waals surface area contributed by atoms with Crippen LogP contribution in [0.4, 0.5) is 8.78 Å². The average Bonchev–Trinajstić information content (AvgIpc) is 3.54. The maximum absolute atomic E-state index is 14.9. The highest BCUT2D eigenvalue weighted by Crippen LogP contribution is 2.35. The van der Waals surface area contributed by atoms with Crippen LogP contribution in [0.1, 0.15) is 34.9 Å². The Morgan fingerprint density at radius 2 is 1.67 bits per heavy atom. The number of nitrogens with zero attached hydrogens (tertiary/aromatic N) is 3. The number of pyridine rings is 1. The first-order valence-electron chi connectivity index (χ1n) is 14.4. The summed E-state index contributed by atoms with van der Waals surface area (Å²) in [4.78, 5) is 21.2. The van der Waals surface area contributed by atoms with Crippen LogP contribution in [-0.2, 0) is 27.7 Å². The fraction of sp³-hybridized carbons (Fsp3) is 0.206. The molecule has 1 aliphatic heterocycles. The largest absolute Gasteiger partial charge is 0.454 e. The predicted molar refractivity (Wildman–Crippen MR) is 165 cm³/mol. The Balaban J connectivity index is 1.26. The van der Waals surface area contributed by atoms with Gasteiger partial charge in [0.2, 0.25) is 21.8 Å². The minimum Gasteiger partial charge on any atom is -0.454 e. The lowest BCUT2D eigenvalue weighted by molar-refractivity contribution is 0.0361. The van der Waals surface area contributed by atoms with Crippen LogP contribution in [0.5, 0.6) is 11.5 Å². The van der Waals surface area contributed by atoms with Crippen molar-refractivity contribution in [1.82, 2.24) is 14.5 Å². The number of rotatable bonds is 11. The van der Waals surface area contributed by atoms with Crippen LogP contribution in [0.3, 0.4) is 0 Å². The Hall–Kier alpha value is -4.94. The molecule has 5 aromatic rings. The number of para-hydroxylation sites is 1. The number of hydrogen-bond acceptors (Lipinski definition) is 8. The summed E-state index contributed by atoms with van der Waals surface area (Å²) in [5, 5.41) is -0.437. The van der Waals surface area contributed by atoms with Gasteiger partial charge in [0, 0.05) is 28.6 Å². The molecule has 0 aliphatic carbocycles. The molecule has 1 unspecified atom stereocenters. The molecule has 1 atom stereocenters. The van der Waals surface area contributed by atoms with Crippen molar-refractivity contribution in [1.29, 1.82) is 0 Å². The number of benzene rings is 3. The molecule has 0 N–H and O–H groups in total. The Morgan fingerprint density at radius 3 is 2.48 bits per heavy atom. The SMILES string of the molecule is Cc1cc(-c2cc(F)c(=O)n(Cc3cccc4c3OCO4)c2)nc(S(=O)(=O)CCC(OCc2ccccc2F)c2ccccc2)n1. The summed E-state index contributed by atoms with van der Waals surface area (Å²) in [6.07, 6.45) is 0.798. The van der Waals surface area contributed by atoms with Crippen LogP contribution in [0.25, 0.3) is 11.3 Å². The number of hydrogen-bond donors (Lipinski definition) is 0. The topological polar surface area (TPSA) is 110 Å². The van der Waals surface area contributed by atoms with Crippen molar-refractivity contribution in [2.45, 2.75) is 37.8 Å². The second kappa shape index (κ2) is 13.2. The molecule has 0 spiro atoms. The highest BCUT2D eigenvalue weighted by atomic mass is 32.2. The zero-order valence-corrected chi connectivity index (χ0v) is 25.5. The fourth-order valence-electron chi connectivity index (χ4n) is 5.16. The van der Waals surface area contributed by atoms with Crippen LogP contribution in [-0.4, -0.2) is 35.5 Å². The van der Waals surface area contributed by atoms with Crippen molar-refractivity contribution in [3.05, 3.63) is 135 Å². The first kappa shape index (κ1) is 31.1. The summed E-state index contributed by atoms with van der Waals surface area (Å²) in [5.74, 6) is -0.823. The molecule has 0 radical (unpaired) electrons. The summed E-state index contributed by atoms with van der Waals surface area (Å²) in [6, 6.07) is 23.1. The Morgan fingerprint density at radius 1 is 0.913 bits per heavy atom. The van der Waals surface area contributed by atoms with Crippen molar-refractivity contribution >= 4 is 9.84 Å². The highest BCUT2D eigenvalue weighted by Gasteiger charge is 2.24. The van der Waals surface area contributed by atoms with Gasteiger partial charge >= 0.3 is 0 Å². The molecule has 9 nitrogen and oxygen atoms in total. The summed E-state index contributed by atoms with van der Waals surface area (Å²) >= 11 is 0. The first-order valence-corrected chi connectivity index (χ1v) is 16.1. The van der Waals surface area contributed by atoms with Crippen LogP contribution in [0, 0.1) is 18.6 Å². The molecule has 3 heterocycles. The van der Waals surface area contributed by atoms with Gasteiger partial charge in [-0.2, -0.15) is 0 Å². The molecule has 46 heavy (non-hydrogen) atoms. The van der Waals surface area contributed by atoms with Gasteiger partial charge in [-0.3, -0.25) is 4.79 Å². The van der Waals surface area contributed by atoms with Crippen LogP contribution >= 0.6 is 0 Å². The molecule has 0 saturated heterocycles. The standard InChI is InChI=1S/C34H29F2N3O6S/c1-22-16-29(26-17-28(36)33(40)39(19-26)18-24-11-7-13-31-32(24)45-21-44-31)38-34(37-22)46(41,42)15-14-30(23-8-3-2-4-9-23)43-20-25-10-5-6-12-27(25)35/h2-13,16-17,19,30H,14-15,18,20-21H2,1H3. The molecular weight excluding hydrogens is 616 g/mol. The van der Waals surface area contributed by atoms with Gasteiger partial charge in [0.1, 0.15) is 5.82 Å². The van der Waals surface area contributed by atoms with Gasteiger partial charge in [0.05, 0.1) is 30.7 Å². The monoisotopic (exact) mass is 645 g/mol. The van der Waals surface area contributed by atoms with Crippen molar-refractivity contribution in [3.8, 4) is 22.8 Å². The smallest absolute Gasteiger partial charge is 0.286 e. The van der Waals surface area contributed by atoms with Crippen LogP contribution in [0.2, 0.25) is 0 Å². The third kappa shape index (κ3) is 6.82. The molecule has 0 amide bonds. The zero-order valence-electron chi connectivity index (χ0n) is 24.7. The molecule has 3 aromatic carbocycles. The van der Waals surface area contributed by atoms with Crippen LogP contribution < -0.4 is 15.0 Å². The van der Waals surface area contributed by atoms with Crippen molar-refractivity contribution < 1.29 is 31.4 Å². The molecular formula is C34H29F2N3O6S. The highest BCUT2D eigenvalue weighted by molar-refractivity contribution is 7.91. The predicted octanol–water partition coefficient (Wildman–Crippen LogP) is 5.79. The molecule has 2 aromatic heterocycles. The van der Waals surface area contributed by atoms with E-state index in [0.29, 0.717) is 28.3 Å². The lowest BCUT2D eigenvalue weighted by Crippen LogP contribution is -2.23. The molecule has 0 fully saturated rings. The van der Waals surface area contributed by atoms with E-state index in [2.05, 4.69) is 9.97 Å². The number of halogens is 2. The third-order valence-corrected chi connectivity index (χ3v) is 9.00. The minimum atomic E-state index is -4.06. The summed E-state index contributed by atoms with van der Waals surface area (Å²) < 4.78 is 74.4. The van der Waals surface area contributed by atoms with Gasteiger partial charge in [-0.25, -0.2) is 27.2 Å². The second-order valence-corrected chi connectivity index (χ2v) is 12.8. The van der Waals surface area contributed by atoms with E-state index in [1.165, 1.54) is 22.9 Å². The van der Waals surface area contributed by atoms with E-state index in [1.54, 1.807) is 43.3 Å². The van der Waals surface area contributed by atoms with E-state index >= 15 is 0 Å². The van der Waals surface area contributed by atoms with E-state index in [-0.39, 0.29) is 43.4 Å². The van der Waals surface area contributed by atoms with Gasteiger partial charge in [-0.15, -0.1) is 0 Å². The van der Waals surface area contributed by atoms with Gasteiger partial charge in [0.15, 0.2) is 17.3 Å². The first-order chi connectivity index (χ1) is 22.2. The van der Waals surface area contributed by atoms with Crippen molar-refractivity contribution in [2.24, 2.45) is 0 Å². The number of fused-ring (bicyclic) bond motifs is 1. The quantitative estimate of drug-likeness (QED) is 0.166. The number of ether oxygens (including phenoxy) is 3. The molecule has 236 valence electrons. The molecule has 6 rings (SSSR count). The third-order valence-electron chi connectivity index (χ3n) is 7.49. The van der Waals surface area contributed by atoms with Crippen molar-refractivity contribution in [2.75, 3.05) is 12.5 Å². The lowest BCUT2D eigenvalue weighted by Gasteiger charge is -2.19. The Labute approximate surface area is 264 Å². The number of aryl methyl sites for hydroxylation is 1. The normalized spacial score (nSPS) is 13.1. The summed E-state index contributed by atoms with van der Waals surface area (Å²) in [7, 11) is -4.06. The average molecular weight is 646 g/mol. The Kier molecular flexibility index (Phi) is 8.91. The zero-order chi connectivity index (χ0) is 32.3. The van der Waals surface area contributed by atoms with Crippen molar-refractivity contribution in [3.63, 3.8) is 0 Å². The van der Waals surface area contributed by atoms with Crippen LogP contribution in [0.15, 0.2) is 101 Å². The van der Waals surface area contributed by atoms with Gasteiger partial charge in [0.25, 0.3) is 5.56 Å². The van der Waals surface area contributed by atoms with E-state index in [9.17, 15) is 22.0 Å². The molecule has 0 bridgehead atoms. The van der Waals surface area contributed by atoms with E-state index in [0.717, 1.165) is 11.6 Å². The number of aromatic nitrogens is 3. The lowest BCUT2D eigenvalue weighted by atomic mass is 10.1. The minimum absolute atomic E-state index is 0.0148. The summed E-state index contributed by atoms with van der Waals surface area (Å²) in [6.45, 7) is 1.57. The summed E-state index contributed by atoms with van der Waals surface area (Å²) in [5.41, 5.74) is 1.50. The molecule has 0 saturated carbocycles. The maximum Gasteiger partial charge on any atom is 0.286 e.